The number of nitrogens with one attached hydrogen (secondary N) is 2. The van der Waals surface area contributed by atoms with E-state index in [2.05, 4.69) is 17.2 Å². The number of allylic oxidation sites excluding steroid dienone is 3. The minimum atomic E-state index is -0.525. The Hall–Kier alpha value is -3.80. The van der Waals surface area contributed by atoms with Crippen molar-refractivity contribution in [2.75, 3.05) is 0 Å². The zero-order valence-corrected chi connectivity index (χ0v) is 18.1. The molecule has 0 aliphatic carbocycles. The molecular weight excluding hydrogens is 388 g/mol. The Bertz CT molecular complexity index is 837. The first-order chi connectivity index (χ1) is 14.9. The van der Waals surface area contributed by atoms with E-state index in [9.17, 15) is 9.59 Å². The van der Waals surface area contributed by atoms with E-state index in [0.29, 0.717) is 0 Å². The molecule has 6 heteroatoms. The number of benzene rings is 2. The summed E-state index contributed by atoms with van der Waals surface area (Å²) in [6, 6.07) is 18.3. The largest absolute Gasteiger partial charge is 0.352 e. The molecule has 0 spiro atoms. The molecule has 6 nitrogen and oxygen atoms in total. The molecule has 0 aromatic heterocycles. The molecule has 0 aliphatic rings. The summed E-state index contributed by atoms with van der Waals surface area (Å²) >= 11 is 0. The van der Waals surface area contributed by atoms with E-state index in [1.54, 1.807) is 6.08 Å². The van der Waals surface area contributed by atoms with Gasteiger partial charge in [-0.3, -0.25) is 0 Å². The van der Waals surface area contributed by atoms with Gasteiger partial charge in [-0.15, -0.1) is 0 Å². The lowest BCUT2D eigenvalue weighted by Gasteiger charge is -2.18. The Morgan fingerprint density at radius 2 is 1.42 bits per heavy atom. The molecule has 4 amide bonds. The van der Waals surface area contributed by atoms with Crippen molar-refractivity contribution < 1.29 is 9.59 Å². The molecule has 1 unspecified atom stereocenters. The number of hydrogen-bond donors (Lipinski definition) is 4. The third-order valence-electron chi connectivity index (χ3n) is 4.44. The van der Waals surface area contributed by atoms with E-state index in [1.165, 1.54) is 0 Å². The molecule has 0 fully saturated rings. The minimum absolute atomic E-state index is 0.0197. The summed E-state index contributed by atoms with van der Waals surface area (Å²) in [4.78, 5) is 21.8. The lowest BCUT2D eigenvalue weighted by molar-refractivity contribution is 0.245. The SMILES string of the molecule is C=C/C=C\C(=C/C)C(CC)NC(N)=O.NC(=O)NC(c1ccccc1)c1ccccc1. The van der Waals surface area contributed by atoms with Crippen molar-refractivity contribution in [3.8, 4) is 0 Å². The number of hydrogen-bond acceptors (Lipinski definition) is 2. The molecule has 0 heterocycles. The minimum Gasteiger partial charge on any atom is -0.352 e. The van der Waals surface area contributed by atoms with Gasteiger partial charge < -0.3 is 22.1 Å². The number of urea groups is 2. The van der Waals surface area contributed by atoms with E-state index in [-0.39, 0.29) is 12.1 Å². The Labute approximate surface area is 184 Å². The van der Waals surface area contributed by atoms with E-state index in [0.717, 1.165) is 23.1 Å². The van der Waals surface area contributed by atoms with Crippen LogP contribution in [0.3, 0.4) is 0 Å². The van der Waals surface area contributed by atoms with Crippen molar-refractivity contribution >= 4 is 12.1 Å². The Morgan fingerprint density at radius 3 is 1.77 bits per heavy atom. The highest BCUT2D eigenvalue weighted by Gasteiger charge is 2.14. The first kappa shape index (κ1) is 25.2. The van der Waals surface area contributed by atoms with Crippen LogP contribution in [0.25, 0.3) is 0 Å². The average molecular weight is 421 g/mol. The lowest BCUT2D eigenvalue weighted by atomic mass is 9.99. The van der Waals surface area contributed by atoms with E-state index >= 15 is 0 Å². The van der Waals surface area contributed by atoms with Gasteiger partial charge in [0.05, 0.1) is 12.1 Å². The van der Waals surface area contributed by atoms with Crippen molar-refractivity contribution in [1.82, 2.24) is 10.6 Å². The summed E-state index contributed by atoms with van der Waals surface area (Å²) < 4.78 is 0. The van der Waals surface area contributed by atoms with Crippen molar-refractivity contribution in [2.24, 2.45) is 11.5 Å². The summed E-state index contributed by atoms with van der Waals surface area (Å²) in [5.74, 6) is 0. The Balaban J connectivity index is 0.000000318. The van der Waals surface area contributed by atoms with Crippen molar-refractivity contribution in [3.05, 3.63) is 108 Å². The van der Waals surface area contributed by atoms with Gasteiger partial charge in [-0.05, 0) is 30.0 Å². The van der Waals surface area contributed by atoms with Crippen molar-refractivity contribution in [1.29, 1.82) is 0 Å². The van der Waals surface area contributed by atoms with Gasteiger partial charge in [-0.1, -0.05) is 98.5 Å². The number of amides is 4. The maximum Gasteiger partial charge on any atom is 0.312 e. The highest BCUT2D eigenvalue weighted by atomic mass is 16.2. The highest BCUT2D eigenvalue weighted by molar-refractivity contribution is 5.73. The fraction of sp³-hybridized carbons (Fsp3) is 0.200. The fourth-order valence-electron chi connectivity index (χ4n) is 2.98. The van der Waals surface area contributed by atoms with Crippen LogP contribution >= 0.6 is 0 Å². The van der Waals surface area contributed by atoms with Crippen LogP contribution in [-0.2, 0) is 0 Å². The Morgan fingerprint density at radius 1 is 0.935 bits per heavy atom. The molecule has 0 saturated heterocycles. The van der Waals surface area contributed by atoms with Gasteiger partial charge in [0.25, 0.3) is 0 Å². The smallest absolute Gasteiger partial charge is 0.312 e. The number of carbonyl (C=O) groups is 2. The van der Waals surface area contributed by atoms with Crippen LogP contribution in [0.5, 0.6) is 0 Å². The standard InChI is InChI=1S/C14H14N2O.C11H18N2O/c15-14(17)16-13(11-7-3-1-4-8-11)12-9-5-2-6-10-12;1-4-7-8-9(5-2)10(6-3)13-11(12)14/h1-10,13H,(H3,15,16,17);4-5,7-8,10H,1,6H2,2-3H3,(H3,12,13,14)/b;8-7-,9-5+. The van der Waals surface area contributed by atoms with Crippen LogP contribution in [0.15, 0.2) is 97.1 Å². The predicted octanol–water partition coefficient (Wildman–Crippen LogP) is 4.57. The van der Waals surface area contributed by atoms with Crippen LogP contribution in [0.2, 0.25) is 0 Å². The van der Waals surface area contributed by atoms with Crippen LogP contribution in [0.1, 0.15) is 37.4 Å². The van der Waals surface area contributed by atoms with Gasteiger partial charge in [0.2, 0.25) is 0 Å². The first-order valence-corrected chi connectivity index (χ1v) is 10.1. The van der Waals surface area contributed by atoms with Gasteiger partial charge in [-0.2, -0.15) is 0 Å². The number of nitrogens with two attached hydrogens (primary N) is 2. The average Bonchev–Trinajstić information content (AvgIpc) is 2.78. The summed E-state index contributed by atoms with van der Waals surface area (Å²) in [6.07, 6.45) is 8.20. The molecular formula is C25H32N4O2. The van der Waals surface area contributed by atoms with Crippen molar-refractivity contribution in [3.63, 3.8) is 0 Å². The molecule has 2 rings (SSSR count). The van der Waals surface area contributed by atoms with E-state index in [1.807, 2.05) is 92.7 Å². The van der Waals surface area contributed by atoms with Crippen LogP contribution < -0.4 is 22.1 Å². The van der Waals surface area contributed by atoms with Gasteiger partial charge in [0, 0.05) is 0 Å². The Kier molecular flexibility index (Phi) is 11.6. The third-order valence-corrected chi connectivity index (χ3v) is 4.44. The zero-order chi connectivity index (χ0) is 23.1. The maximum absolute atomic E-state index is 11.1. The highest BCUT2D eigenvalue weighted by Crippen LogP contribution is 2.21. The molecule has 0 bridgehead atoms. The summed E-state index contributed by atoms with van der Waals surface area (Å²) in [5, 5.41) is 5.43. The normalized spacial score (nSPS) is 11.9. The second kappa shape index (κ2) is 14.2. The molecule has 2 aromatic carbocycles. The molecule has 0 aliphatic heterocycles. The number of primary amides is 2. The molecule has 0 saturated carbocycles. The van der Waals surface area contributed by atoms with Gasteiger partial charge in [0.1, 0.15) is 0 Å². The molecule has 6 N–H and O–H groups in total. The molecule has 2 aromatic rings. The number of carbonyl (C=O) groups excluding carboxylic acids is 2. The van der Waals surface area contributed by atoms with Crippen molar-refractivity contribution in [2.45, 2.75) is 32.4 Å². The molecule has 1 atom stereocenters. The second-order valence-corrected chi connectivity index (χ2v) is 6.62. The summed E-state index contributed by atoms with van der Waals surface area (Å²) in [6.45, 7) is 7.50. The van der Waals surface area contributed by atoms with Gasteiger partial charge in [-0.25, -0.2) is 9.59 Å². The second-order valence-electron chi connectivity index (χ2n) is 6.62. The lowest BCUT2D eigenvalue weighted by Crippen LogP contribution is -2.39. The van der Waals surface area contributed by atoms with Crippen LogP contribution in [0.4, 0.5) is 9.59 Å². The van der Waals surface area contributed by atoms with E-state index in [4.69, 9.17) is 11.5 Å². The van der Waals surface area contributed by atoms with E-state index < -0.39 is 12.1 Å². The molecule has 164 valence electrons. The predicted molar refractivity (Wildman–Crippen MR) is 127 cm³/mol. The fourth-order valence-corrected chi connectivity index (χ4v) is 2.98. The first-order valence-electron chi connectivity index (χ1n) is 10.1. The summed E-state index contributed by atoms with van der Waals surface area (Å²) in [7, 11) is 0. The van der Waals surface area contributed by atoms with Crippen LogP contribution in [-0.4, -0.2) is 18.1 Å². The monoisotopic (exact) mass is 420 g/mol. The third kappa shape index (κ3) is 9.49. The molecule has 0 radical (unpaired) electrons. The number of rotatable bonds is 8. The zero-order valence-electron chi connectivity index (χ0n) is 18.1. The topological polar surface area (TPSA) is 110 Å². The summed E-state index contributed by atoms with van der Waals surface area (Å²) in [5.41, 5.74) is 13.3. The maximum atomic E-state index is 11.1. The van der Waals surface area contributed by atoms with Gasteiger partial charge >= 0.3 is 12.1 Å². The quantitative estimate of drug-likeness (QED) is 0.469. The molecule has 31 heavy (non-hydrogen) atoms. The van der Waals surface area contributed by atoms with Gasteiger partial charge in [0.15, 0.2) is 0 Å². The van der Waals surface area contributed by atoms with Crippen LogP contribution in [0, 0.1) is 0 Å².